The number of aryl methyl sites for hydroxylation is 1. The van der Waals surface area contributed by atoms with Crippen molar-refractivity contribution in [2.75, 3.05) is 6.54 Å². The van der Waals surface area contributed by atoms with Crippen LogP contribution in [-0.4, -0.2) is 6.54 Å². The van der Waals surface area contributed by atoms with Crippen LogP contribution in [0.4, 0.5) is 0 Å². The molecule has 3 rings (SSSR count). The molecule has 2 nitrogen and oxygen atoms in total. The van der Waals surface area contributed by atoms with Crippen LogP contribution in [0.3, 0.4) is 0 Å². The van der Waals surface area contributed by atoms with Crippen LogP contribution in [0.25, 0.3) is 0 Å². The first-order valence-corrected chi connectivity index (χ1v) is 9.72. The van der Waals surface area contributed by atoms with Crippen molar-refractivity contribution in [3.8, 4) is 0 Å². The van der Waals surface area contributed by atoms with Gasteiger partial charge in [0.25, 0.3) is 0 Å². The minimum atomic E-state index is -0.173. The molecular weight excluding hydrogens is 328 g/mol. The summed E-state index contributed by atoms with van der Waals surface area (Å²) in [5, 5.41) is 0. The Kier molecular flexibility index (Phi) is 6.10. The summed E-state index contributed by atoms with van der Waals surface area (Å²) in [4.78, 5) is 0. The third kappa shape index (κ3) is 4.13. The maximum atomic E-state index is 6.55. The highest BCUT2D eigenvalue weighted by molar-refractivity contribution is 5.49. The predicted octanol–water partition coefficient (Wildman–Crippen LogP) is 5.26. The van der Waals surface area contributed by atoms with E-state index in [1.165, 1.54) is 33.4 Å². The quantitative estimate of drug-likeness (QED) is 0.632. The highest BCUT2D eigenvalue weighted by Crippen LogP contribution is 2.37. The fourth-order valence-corrected chi connectivity index (χ4v) is 3.96. The van der Waals surface area contributed by atoms with Gasteiger partial charge in [-0.15, -0.1) is 0 Å². The van der Waals surface area contributed by atoms with Crippen molar-refractivity contribution in [1.29, 1.82) is 0 Å². The van der Waals surface area contributed by atoms with Gasteiger partial charge in [0, 0.05) is 24.4 Å². The molecule has 3 atom stereocenters. The third-order valence-electron chi connectivity index (χ3n) is 5.55. The van der Waals surface area contributed by atoms with Gasteiger partial charge in [-0.1, -0.05) is 92.2 Å². The molecule has 0 radical (unpaired) electrons. The van der Waals surface area contributed by atoms with E-state index < -0.39 is 0 Å². The van der Waals surface area contributed by atoms with Crippen LogP contribution in [0.2, 0.25) is 0 Å². The summed E-state index contributed by atoms with van der Waals surface area (Å²) in [5.74, 6) is 0.529. The van der Waals surface area contributed by atoms with E-state index in [0.717, 1.165) is 0 Å². The van der Waals surface area contributed by atoms with Crippen molar-refractivity contribution in [2.45, 2.75) is 38.6 Å². The molecule has 4 N–H and O–H groups in total. The van der Waals surface area contributed by atoms with Crippen molar-refractivity contribution < 1.29 is 0 Å². The molecule has 0 aliphatic rings. The molecule has 0 aliphatic heterocycles. The molecule has 3 aromatic rings. The van der Waals surface area contributed by atoms with E-state index in [1.54, 1.807) is 0 Å². The second kappa shape index (κ2) is 8.51. The van der Waals surface area contributed by atoms with Gasteiger partial charge in [-0.05, 0) is 34.7 Å². The molecule has 0 aliphatic carbocycles. The Bertz CT molecular complexity index is 805. The van der Waals surface area contributed by atoms with Crippen LogP contribution in [0, 0.1) is 6.92 Å². The Morgan fingerprint density at radius 1 is 0.741 bits per heavy atom. The average Bonchev–Trinajstić information content (AvgIpc) is 2.72. The molecule has 0 amide bonds. The first kappa shape index (κ1) is 19.3. The van der Waals surface area contributed by atoms with Crippen LogP contribution in [-0.2, 0) is 0 Å². The van der Waals surface area contributed by atoms with E-state index in [-0.39, 0.29) is 17.9 Å². The van der Waals surface area contributed by atoms with Crippen LogP contribution in [0.1, 0.15) is 65.1 Å². The first-order chi connectivity index (χ1) is 13.0. The van der Waals surface area contributed by atoms with Gasteiger partial charge in [-0.3, -0.25) is 0 Å². The highest BCUT2D eigenvalue weighted by atomic mass is 14.7. The Morgan fingerprint density at radius 2 is 1.15 bits per heavy atom. The van der Waals surface area contributed by atoms with Gasteiger partial charge in [0.05, 0.1) is 0 Å². The maximum Gasteiger partial charge on any atom is 0.0425 e. The van der Waals surface area contributed by atoms with Crippen molar-refractivity contribution in [2.24, 2.45) is 11.5 Å². The van der Waals surface area contributed by atoms with Crippen molar-refractivity contribution in [3.63, 3.8) is 0 Å². The predicted molar refractivity (Wildman–Crippen MR) is 115 cm³/mol. The van der Waals surface area contributed by atoms with Gasteiger partial charge in [0.15, 0.2) is 0 Å². The van der Waals surface area contributed by atoms with Crippen molar-refractivity contribution >= 4 is 0 Å². The van der Waals surface area contributed by atoms with Gasteiger partial charge in [-0.25, -0.2) is 0 Å². The molecule has 0 heterocycles. The normalized spacial score (nSPS) is 14.6. The summed E-state index contributed by atoms with van der Waals surface area (Å²) in [6.45, 7) is 7.12. The fraction of sp³-hybridized carbons (Fsp3) is 0.280. The summed E-state index contributed by atoms with van der Waals surface area (Å²) in [5.41, 5.74) is 20.2. The number of rotatable bonds is 6. The molecule has 2 heteroatoms. The van der Waals surface area contributed by atoms with Crippen molar-refractivity contribution in [1.82, 2.24) is 0 Å². The molecule has 0 saturated carbocycles. The summed E-state index contributed by atoms with van der Waals surface area (Å²) in [6.07, 6.45) is 0. The lowest BCUT2D eigenvalue weighted by Gasteiger charge is -2.27. The summed E-state index contributed by atoms with van der Waals surface area (Å²) in [6, 6.07) is 25.6. The van der Waals surface area contributed by atoms with E-state index in [1.807, 2.05) is 0 Å². The third-order valence-corrected chi connectivity index (χ3v) is 5.55. The van der Waals surface area contributed by atoms with E-state index in [4.69, 9.17) is 11.5 Å². The smallest absolute Gasteiger partial charge is 0.0425 e. The Balaban J connectivity index is 2.18. The van der Waals surface area contributed by atoms with Gasteiger partial charge in [0.1, 0.15) is 0 Å². The second-order valence-electron chi connectivity index (χ2n) is 7.46. The zero-order valence-corrected chi connectivity index (χ0v) is 16.5. The number of hydrogen-bond donors (Lipinski definition) is 2. The number of hydrogen-bond acceptors (Lipinski definition) is 2. The van der Waals surface area contributed by atoms with Gasteiger partial charge in [-0.2, -0.15) is 0 Å². The lowest BCUT2D eigenvalue weighted by atomic mass is 9.79. The van der Waals surface area contributed by atoms with Crippen molar-refractivity contribution in [3.05, 3.63) is 106 Å². The molecule has 0 bridgehead atoms. The number of nitrogens with two attached hydrogens (primary N) is 2. The zero-order chi connectivity index (χ0) is 19.4. The number of benzene rings is 3. The minimum Gasteiger partial charge on any atom is -0.329 e. The molecule has 0 aromatic heterocycles. The monoisotopic (exact) mass is 358 g/mol. The molecule has 27 heavy (non-hydrogen) atoms. The molecule has 0 spiro atoms. The summed E-state index contributed by atoms with van der Waals surface area (Å²) < 4.78 is 0. The Labute approximate surface area is 163 Å². The standard InChI is InChI=1S/C25H30N2/c1-17-14-22(18(2)20-10-6-4-7-11-20)25(24(27)16-26)23(15-17)19(3)21-12-8-5-9-13-21/h4-15,18-19,24H,16,26-27H2,1-3H3/t18-,19-,24?/m1/s1. The Hall–Kier alpha value is -2.42. The zero-order valence-electron chi connectivity index (χ0n) is 16.5. The van der Waals surface area contributed by atoms with E-state index in [0.29, 0.717) is 6.54 Å². The molecule has 140 valence electrons. The van der Waals surface area contributed by atoms with E-state index in [2.05, 4.69) is 93.6 Å². The molecule has 3 aromatic carbocycles. The topological polar surface area (TPSA) is 52.0 Å². The summed E-state index contributed by atoms with van der Waals surface area (Å²) >= 11 is 0. The Morgan fingerprint density at radius 3 is 1.52 bits per heavy atom. The van der Waals surface area contributed by atoms with Gasteiger partial charge >= 0.3 is 0 Å². The SMILES string of the molecule is Cc1cc([C@H](C)c2ccccc2)c(C(N)CN)c([C@H](C)c2ccccc2)c1. The van der Waals surface area contributed by atoms with Gasteiger partial charge < -0.3 is 11.5 Å². The molecule has 0 saturated heterocycles. The molecular formula is C25H30N2. The largest absolute Gasteiger partial charge is 0.329 e. The lowest BCUT2D eigenvalue weighted by Crippen LogP contribution is -2.25. The minimum absolute atomic E-state index is 0.173. The van der Waals surface area contributed by atoms with E-state index >= 15 is 0 Å². The molecule has 0 fully saturated rings. The van der Waals surface area contributed by atoms with Crippen LogP contribution >= 0.6 is 0 Å². The van der Waals surface area contributed by atoms with Crippen LogP contribution in [0.15, 0.2) is 72.8 Å². The maximum absolute atomic E-state index is 6.55. The summed E-state index contributed by atoms with van der Waals surface area (Å²) in [7, 11) is 0. The first-order valence-electron chi connectivity index (χ1n) is 9.72. The van der Waals surface area contributed by atoms with Crippen LogP contribution in [0.5, 0.6) is 0 Å². The van der Waals surface area contributed by atoms with E-state index in [9.17, 15) is 0 Å². The second-order valence-corrected chi connectivity index (χ2v) is 7.46. The molecule has 1 unspecified atom stereocenters. The fourth-order valence-electron chi connectivity index (χ4n) is 3.96. The average molecular weight is 359 g/mol. The van der Waals surface area contributed by atoms with Crippen LogP contribution < -0.4 is 11.5 Å². The highest BCUT2D eigenvalue weighted by Gasteiger charge is 2.23. The van der Waals surface area contributed by atoms with Gasteiger partial charge in [0.2, 0.25) is 0 Å². The lowest BCUT2D eigenvalue weighted by molar-refractivity contribution is 0.696.